The van der Waals surface area contributed by atoms with Gasteiger partial charge in [0.05, 0.1) is 0 Å². The molecule has 4 saturated carbocycles. The zero-order valence-corrected chi connectivity index (χ0v) is 15.1. The third kappa shape index (κ3) is 2.05. The van der Waals surface area contributed by atoms with E-state index < -0.39 is 0 Å². The summed E-state index contributed by atoms with van der Waals surface area (Å²) in [6.45, 7) is 6.44. The first kappa shape index (κ1) is 15.8. The molecule has 2 heteroatoms. The van der Waals surface area contributed by atoms with Crippen molar-refractivity contribution in [1.29, 1.82) is 0 Å². The molecule has 0 aliphatic heterocycles. The molecule has 0 heterocycles. The minimum atomic E-state index is -0.0397. The lowest BCUT2D eigenvalue weighted by molar-refractivity contribution is -0.158. The minimum absolute atomic E-state index is 0.0397. The van der Waals surface area contributed by atoms with Gasteiger partial charge in [-0.1, -0.05) is 26.7 Å². The molecule has 2 nitrogen and oxygen atoms in total. The van der Waals surface area contributed by atoms with E-state index in [1.165, 1.54) is 44.9 Å². The Labute approximate surface area is 140 Å². The second-order valence-corrected chi connectivity index (χ2v) is 9.66. The van der Waals surface area contributed by atoms with Crippen molar-refractivity contribution < 1.29 is 9.59 Å². The molecule has 0 aromatic rings. The highest BCUT2D eigenvalue weighted by atomic mass is 16.1. The standard InChI is InChI=1S/C21H32O2/c1-13(22)16-9-10-17-15-8-7-14-6-4-5-11-20(14,2)19(15)18(23)12-21(16,17)3/h14-17,19H,4-12H2,1-3H3/t14?,15?,16-,17+,19?,20+,21-/m1/s1. The fourth-order valence-electron chi connectivity index (χ4n) is 7.78. The third-order valence-electron chi connectivity index (χ3n) is 8.76. The van der Waals surface area contributed by atoms with E-state index >= 15 is 0 Å². The number of hydrogen-bond donors (Lipinski definition) is 0. The van der Waals surface area contributed by atoms with Gasteiger partial charge >= 0.3 is 0 Å². The number of carbonyl (C=O) groups excluding carboxylic acids is 2. The fraction of sp³-hybridized carbons (Fsp3) is 0.905. The molecule has 0 saturated heterocycles. The molecule has 7 atom stereocenters. The highest BCUT2D eigenvalue weighted by Crippen LogP contribution is 2.66. The van der Waals surface area contributed by atoms with Crippen LogP contribution in [-0.2, 0) is 9.59 Å². The van der Waals surface area contributed by atoms with Crippen LogP contribution < -0.4 is 0 Å². The Morgan fingerprint density at radius 3 is 2.52 bits per heavy atom. The van der Waals surface area contributed by atoms with Gasteiger partial charge in [0.15, 0.2) is 0 Å². The van der Waals surface area contributed by atoms with Crippen molar-refractivity contribution >= 4 is 11.6 Å². The maximum atomic E-state index is 13.3. The van der Waals surface area contributed by atoms with Crippen molar-refractivity contribution in [2.75, 3.05) is 0 Å². The molecule has 3 unspecified atom stereocenters. The minimum Gasteiger partial charge on any atom is -0.300 e. The smallest absolute Gasteiger partial charge is 0.137 e. The molecule has 128 valence electrons. The molecular weight excluding hydrogens is 284 g/mol. The molecule has 0 N–H and O–H groups in total. The number of Topliss-reactive ketones (excluding diaryl/α,β-unsaturated/α-hetero) is 2. The van der Waals surface area contributed by atoms with E-state index in [1.54, 1.807) is 6.92 Å². The molecule has 0 amide bonds. The van der Waals surface area contributed by atoms with Crippen molar-refractivity contribution in [1.82, 2.24) is 0 Å². The van der Waals surface area contributed by atoms with Crippen LogP contribution in [0.15, 0.2) is 0 Å². The van der Waals surface area contributed by atoms with Gasteiger partial charge in [-0.15, -0.1) is 0 Å². The zero-order valence-electron chi connectivity index (χ0n) is 15.1. The largest absolute Gasteiger partial charge is 0.300 e. The first-order valence-electron chi connectivity index (χ1n) is 9.91. The quantitative estimate of drug-likeness (QED) is 0.696. The van der Waals surface area contributed by atoms with Crippen molar-refractivity contribution in [3.05, 3.63) is 0 Å². The van der Waals surface area contributed by atoms with Crippen molar-refractivity contribution in [2.24, 2.45) is 40.4 Å². The van der Waals surface area contributed by atoms with Crippen LogP contribution in [0.4, 0.5) is 0 Å². The highest BCUT2D eigenvalue weighted by Gasteiger charge is 2.63. The molecule has 4 aliphatic rings. The molecule has 4 fully saturated rings. The summed E-state index contributed by atoms with van der Waals surface area (Å²) < 4.78 is 0. The van der Waals surface area contributed by atoms with E-state index in [2.05, 4.69) is 13.8 Å². The van der Waals surface area contributed by atoms with Crippen molar-refractivity contribution in [3.63, 3.8) is 0 Å². The second kappa shape index (κ2) is 5.17. The van der Waals surface area contributed by atoms with Crippen molar-refractivity contribution in [3.8, 4) is 0 Å². The summed E-state index contributed by atoms with van der Waals surface area (Å²) in [5, 5.41) is 0. The fourth-order valence-corrected chi connectivity index (χ4v) is 7.78. The van der Waals surface area contributed by atoms with Crippen LogP contribution in [0.25, 0.3) is 0 Å². The van der Waals surface area contributed by atoms with Gasteiger partial charge in [0, 0.05) is 18.3 Å². The van der Waals surface area contributed by atoms with Crippen LogP contribution in [-0.4, -0.2) is 11.6 Å². The Morgan fingerprint density at radius 2 is 1.78 bits per heavy atom. The van der Waals surface area contributed by atoms with Crippen LogP contribution in [0.5, 0.6) is 0 Å². The van der Waals surface area contributed by atoms with E-state index in [1.807, 2.05) is 0 Å². The number of carbonyl (C=O) groups is 2. The van der Waals surface area contributed by atoms with Gasteiger partial charge in [-0.2, -0.15) is 0 Å². The van der Waals surface area contributed by atoms with Gasteiger partial charge in [0.25, 0.3) is 0 Å². The first-order chi connectivity index (χ1) is 10.9. The average molecular weight is 316 g/mol. The maximum Gasteiger partial charge on any atom is 0.137 e. The summed E-state index contributed by atoms with van der Waals surface area (Å²) in [6.07, 6.45) is 10.7. The lowest BCUT2D eigenvalue weighted by Crippen LogP contribution is -2.57. The Hall–Kier alpha value is -0.660. The number of hydrogen-bond acceptors (Lipinski definition) is 2. The van der Waals surface area contributed by atoms with E-state index in [-0.39, 0.29) is 16.7 Å². The molecule has 0 radical (unpaired) electrons. The normalized spacial score (nSPS) is 52.5. The molecule has 0 bridgehead atoms. The number of rotatable bonds is 1. The molecule has 23 heavy (non-hydrogen) atoms. The summed E-state index contributed by atoms with van der Waals surface area (Å²) >= 11 is 0. The van der Waals surface area contributed by atoms with Gasteiger partial charge in [0.2, 0.25) is 0 Å². The predicted molar refractivity (Wildman–Crippen MR) is 90.9 cm³/mol. The number of fused-ring (bicyclic) bond motifs is 5. The summed E-state index contributed by atoms with van der Waals surface area (Å²) in [4.78, 5) is 25.4. The summed E-state index contributed by atoms with van der Waals surface area (Å²) in [5.41, 5.74) is 0.218. The number of ketones is 2. The van der Waals surface area contributed by atoms with Gasteiger partial charge in [-0.3, -0.25) is 9.59 Å². The van der Waals surface area contributed by atoms with Crippen LogP contribution >= 0.6 is 0 Å². The molecule has 0 spiro atoms. The van der Waals surface area contributed by atoms with Gasteiger partial charge < -0.3 is 0 Å². The summed E-state index contributed by atoms with van der Waals surface area (Å²) in [5.74, 6) is 3.20. The molecular formula is C21H32O2. The third-order valence-corrected chi connectivity index (χ3v) is 8.76. The summed E-state index contributed by atoms with van der Waals surface area (Å²) in [6, 6.07) is 0. The second-order valence-electron chi connectivity index (χ2n) is 9.66. The van der Waals surface area contributed by atoms with E-state index in [9.17, 15) is 9.59 Å². The Morgan fingerprint density at radius 1 is 1.00 bits per heavy atom. The van der Waals surface area contributed by atoms with E-state index in [0.717, 1.165) is 12.3 Å². The molecule has 0 aromatic carbocycles. The molecule has 4 aliphatic carbocycles. The van der Waals surface area contributed by atoms with Gasteiger partial charge in [-0.25, -0.2) is 0 Å². The van der Waals surface area contributed by atoms with Crippen LogP contribution in [0, 0.1) is 40.4 Å². The van der Waals surface area contributed by atoms with Crippen LogP contribution in [0.1, 0.15) is 78.6 Å². The maximum absolute atomic E-state index is 13.3. The van der Waals surface area contributed by atoms with E-state index in [0.29, 0.717) is 35.7 Å². The van der Waals surface area contributed by atoms with Crippen LogP contribution in [0.3, 0.4) is 0 Å². The highest BCUT2D eigenvalue weighted by molar-refractivity contribution is 5.87. The van der Waals surface area contributed by atoms with Gasteiger partial charge in [-0.05, 0) is 74.0 Å². The predicted octanol–water partition coefficient (Wildman–Crippen LogP) is 4.80. The Bertz CT molecular complexity index is 538. The van der Waals surface area contributed by atoms with Crippen LogP contribution in [0.2, 0.25) is 0 Å². The van der Waals surface area contributed by atoms with Gasteiger partial charge in [0.1, 0.15) is 11.6 Å². The zero-order chi connectivity index (χ0) is 16.4. The van der Waals surface area contributed by atoms with E-state index in [4.69, 9.17) is 0 Å². The van der Waals surface area contributed by atoms with Crippen molar-refractivity contribution in [2.45, 2.75) is 78.6 Å². The molecule has 4 rings (SSSR count). The Kier molecular flexibility index (Phi) is 3.56. The monoisotopic (exact) mass is 316 g/mol. The SMILES string of the molecule is CC(=O)[C@H]1CC[C@H]2C3CCC4CCCC[C@]4(C)C3C(=O)C[C@]12C. The Balaban J connectivity index is 1.70. The lowest BCUT2D eigenvalue weighted by Gasteiger charge is -2.59. The molecule has 0 aromatic heterocycles. The average Bonchev–Trinajstić information content (AvgIpc) is 2.82. The lowest BCUT2D eigenvalue weighted by atomic mass is 9.44. The summed E-state index contributed by atoms with van der Waals surface area (Å²) in [7, 11) is 0. The topological polar surface area (TPSA) is 34.1 Å². The first-order valence-corrected chi connectivity index (χ1v) is 9.91.